The largest absolute Gasteiger partial charge is 0.395 e. The molecule has 1 aromatic heterocycles. The third kappa shape index (κ3) is 4.24. The standard InChI is InChI=1S/C16H22N4O/c1-13-10-16(19-12-18-13)14-4-2-5-15(11-14)20(8-9-21)7-3-6-17/h2,4-5,10-12,21H,3,6-9,17H2,1H3. The smallest absolute Gasteiger partial charge is 0.116 e. The van der Waals surface area contributed by atoms with Crippen molar-refractivity contribution in [3.05, 3.63) is 42.4 Å². The summed E-state index contributed by atoms with van der Waals surface area (Å²) in [5.74, 6) is 0. The van der Waals surface area contributed by atoms with Crippen molar-refractivity contribution in [1.82, 2.24) is 9.97 Å². The Morgan fingerprint density at radius 2 is 2.05 bits per heavy atom. The van der Waals surface area contributed by atoms with Crippen molar-refractivity contribution < 1.29 is 5.11 Å². The molecule has 5 nitrogen and oxygen atoms in total. The lowest BCUT2D eigenvalue weighted by molar-refractivity contribution is 0.301. The minimum absolute atomic E-state index is 0.126. The summed E-state index contributed by atoms with van der Waals surface area (Å²) in [6.07, 6.45) is 2.48. The monoisotopic (exact) mass is 286 g/mol. The van der Waals surface area contributed by atoms with Gasteiger partial charge in [0.25, 0.3) is 0 Å². The van der Waals surface area contributed by atoms with E-state index in [2.05, 4.69) is 20.9 Å². The predicted molar refractivity (Wildman–Crippen MR) is 85.2 cm³/mol. The first-order valence-corrected chi connectivity index (χ1v) is 7.19. The maximum atomic E-state index is 9.23. The first kappa shape index (κ1) is 15.4. The van der Waals surface area contributed by atoms with Gasteiger partial charge in [-0.25, -0.2) is 9.97 Å². The lowest BCUT2D eigenvalue weighted by atomic mass is 10.1. The Labute approximate surface area is 125 Å². The van der Waals surface area contributed by atoms with Crippen molar-refractivity contribution in [1.29, 1.82) is 0 Å². The van der Waals surface area contributed by atoms with Gasteiger partial charge >= 0.3 is 0 Å². The topological polar surface area (TPSA) is 75.3 Å². The molecule has 2 aromatic rings. The molecule has 0 unspecified atom stereocenters. The summed E-state index contributed by atoms with van der Waals surface area (Å²) in [7, 11) is 0. The molecule has 2 rings (SSSR count). The minimum atomic E-state index is 0.126. The second-order valence-corrected chi connectivity index (χ2v) is 4.95. The summed E-state index contributed by atoms with van der Waals surface area (Å²) in [6.45, 7) is 4.16. The number of aromatic nitrogens is 2. The highest BCUT2D eigenvalue weighted by molar-refractivity contribution is 5.65. The van der Waals surface area contributed by atoms with Crippen LogP contribution in [0, 0.1) is 6.92 Å². The van der Waals surface area contributed by atoms with E-state index in [1.54, 1.807) is 6.33 Å². The highest BCUT2D eigenvalue weighted by Gasteiger charge is 2.08. The molecule has 0 aliphatic heterocycles. The Hall–Kier alpha value is -1.98. The van der Waals surface area contributed by atoms with Gasteiger partial charge in [-0.05, 0) is 38.1 Å². The first-order chi connectivity index (χ1) is 10.2. The first-order valence-electron chi connectivity index (χ1n) is 7.19. The molecule has 0 spiro atoms. The van der Waals surface area contributed by atoms with Crippen LogP contribution < -0.4 is 10.6 Å². The van der Waals surface area contributed by atoms with Gasteiger partial charge in [-0.1, -0.05) is 12.1 Å². The molecule has 0 radical (unpaired) electrons. The van der Waals surface area contributed by atoms with Gasteiger partial charge in [-0.3, -0.25) is 0 Å². The summed E-state index contributed by atoms with van der Waals surface area (Å²) in [4.78, 5) is 10.6. The number of nitrogens with two attached hydrogens (primary N) is 1. The summed E-state index contributed by atoms with van der Waals surface area (Å²) >= 11 is 0. The molecule has 0 aliphatic rings. The Bertz CT molecular complexity index is 574. The van der Waals surface area contributed by atoms with Gasteiger partial charge in [0.1, 0.15) is 6.33 Å². The van der Waals surface area contributed by atoms with E-state index < -0.39 is 0 Å². The van der Waals surface area contributed by atoms with E-state index >= 15 is 0 Å². The molecule has 0 amide bonds. The van der Waals surface area contributed by atoms with E-state index in [9.17, 15) is 5.11 Å². The van der Waals surface area contributed by atoms with Gasteiger partial charge in [-0.15, -0.1) is 0 Å². The maximum absolute atomic E-state index is 9.23. The molecule has 0 aliphatic carbocycles. The zero-order valence-corrected chi connectivity index (χ0v) is 12.4. The molecular weight excluding hydrogens is 264 g/mol. The maximum Gasteiger partial charge on any atom is 0.116 e. The zero-order valence-electron chi connectivity index (χ0n) is 12.4. The third-order valence-corrected chi connectivity index (χ3v) is 3.31. The molecule has 1 aromatic carbocycles. The quantitative estimate of drug-likeness (QED) is 0.808. The van der Waals surface area contributed by atoms with Crippen molar-refractivity contribution in [3.8, 4) is 11.3 Å². The SMILES string of the molecule is Cc1cc(-c2cccc(N(CCO)CCCN)c2)ncn1. The fourth-order valence-corrected chi connectivity index (χ4v) is 2.25. The third-order valence-electron chi connectivity index (χ3n) is 3.31. The summed E-state index contributed by atoms with van der Waals surface area (Å²) in [5.41, 5.74) is 9.56. The number of aryl methyl sites for hydroxylation is 1. The number of nitrogens with zero attached hydrogens (tertiary/aromatic N) is 3. The van der Waals surface area contributed by atoms with Gasteiger partial charge in [0.05, 0.1) is 12.3 Å². The molecule has 0 saturated heterocycles. The molecule has 0 saturated carbocycles. The second kappa shape index (κ2) is 7.71. The number of aliphatic hydroxyl groups is 1. The van der Waals surface area contributed by atoms with Gasteiger partial charge in [0.2, 0.25) is 0 Å². The highest BCUT2D eigenvalue weighted by Crippen LogP contribution is 2.23. The van der Waals surface area contributed by atoms with E-state index in [0.29, 0.717) is 13.1 Å². The van der Waals surface area contributed by atoms with E-state index in [0.717, 1.165) is 35.6 Å². The van der Waals surface area contributed by atoms with Gasteiger partial charge < -0.3 is 15.7 Å². The van der Waals surface area contributed by atoms with Gasteiger partial charge in [-0.2, -0.15) is 0 Å². The van der Waals surface area contributed by atoms with Crippen LogP contribution in [0.5, 0.6) is 0 Å². The fourth-order valence-electron chi connectivity index (χ4n) is 2.25. The molecule has 0 fully saturated rings. The average molecular weight is 286 g/mol. The number of benzene rings is 1. The van der Waals surface area contributed by atoms with Crippen molar-refractivity contribution in [2.45, 2.75) is 13.3 Å². The molecule has 0 bridgehead atoms. The predicted octanol–water partition coefficient (Wildman–Crippen LogP) is 1.60. The number of aliphatic hydroxyl groups excluding tert-OH is 1. The zero-order chi connectivity index (χ0) is 15.1. The Morgan fingerprint density at radius 1 is 1.19 bits per heavy atom. The number of hydrogen-bond donors (Lipinski definition) is 2. The molecule has 3 N–H and O–H groups in total. The normalized spacial score (nSPS) is 10.6. The van der Waals surface area contributed by atoms with Crippen LogP contribution in [0.4, 0.5) is 5.69 Å². The molecule has 112 valence electrons. The Morgan fingerprint density at radius 3 is 2.76 bits per heavy atom. The molecular formula is C16H22N4O. The van der Waals surface area contributed by atoms with Crippen LogP contribution in [0.1, 0.15) is 12.1 Å². The average Bonchev–Trinajstić information content (AvgIpc) is 2.51. The Balaban J connectivity index is 2.26. The fraction of sp³-hybridized carbons (Fsp3) is 0.375. The second-order valence-electron chi connectivity index (χ2n) is 4.95. The molecule has 0 atom stereocenters. The summed E-state index contributed by atoms with van der Waals surface area (Å²) in [6, 6.07) is 10.1. The van der Waals surface area contributed by atoms with Crippen molar-refractivity contribution in [2.24, 2.45) is 5.73 Å². The van der Waals surface area contributed by atoms with Gasteiger partial charge in [0.15, 0.2) is 0 Å². The van der Waals surface area contributed by atoms with Crippen molar-refractivity contribution >= 4 is 5.69 Å². The number of anilines is 1. The van der Waals surface area contributed by atoms with Crippen LogP contribution in [-0.4, -0.2) is 41.3 Å². The van der Waals surface area contributed by atoms with Crippen LogP contribution >= 0.6 is 0 Å². The summed E-state index contributed by atoms with van der Waals surface area (Å²) < 4.78 is 0. The Kier molecular flexibility index (Phi) is 5.66. The molecule has 21 heavy (non-hydrogen) atoms. The van der Waals surface area contributed by atoms with E-state index in [1.807, 2.05) is 31.2 Å². The van der Waals surface area contributed by atoms with Crippen LogP contribution in [0.2, 0.25) is 0 Å². The van der Waals surface area contributed by atoms with Crippen LogP contribution in [0.15, 0.2) is 36.7 Å². The van der Waals surface area contributed by atoms with Crippen LogP contribution in [0.25, 0.3) is 11.3 Å². The number of hydrogen-bond acceptors (Lipinski definition) is 5. The van der Waals surface area contributed by atoms with Gasteiger partial charge in [0, 0.05) is 30.0 Å². The van der Waals surface area contributed by atoms with E-state index in [1.165, 1.54) is 0 Å². The van der Waals surface area contributed by atoms with E-state index in [4.69, 9.17) is 5.73 Å². The lowest BCUT2D eigenvalue weighted by Crippen LogP contribution is -2.29. The van der Waals surface area contributed by atoms with Crippen LogP contribution in [-0.2, 0) is 0 Å². The number of rotatable bonds is 7. The van der Waals surface area contributed by atoms with E-state index in [-0.39, 0.29) is 6.61 Å². The van der Waals surface area contributed by atoms with Crippen molar-refractivity contribution in [2.75, 3.05) is 31.1 Å². The highest BCUT2D eigenvalue weighted by atomic mass is 16.3. The minimum Gasteiger partial charge on any atom is -0.395 e. The summed E-state index contributed by atoms with van der Waals surface area (Å²) in [5, 5.41) is 9.23. The van der Waals surface area contributed by atoms with Crippen LogP contribution in [0.3, 0.4) is 0 Å². The lowest BCUT2D eigenvalue weighted by Gasteiger charge is -2.24. The molecule has 5 heteroatoms. The molecule has 1 heterocycles. The van der Waals surface area contributed by atoms with Crippen molar-refractivity contribution in [3.63, 3.8) is 0 Å².